The second-order valence-corrected chi connectivity index (χ2v) is 8.91. The van der Waals surface area contributed by atoms with Gasteiger partial charge in [0.2, 0.25) is 10.0 Å². The molecule has 0 bridgehead atoms. The van der Waals surface area contributed by atoms with E-state index in [1.165, 1.54) is 22.8 Å². The van der Waals surface area contributed by atoms with Crippen molar-refractivity contribution < 1.29 is 17.9 Å². The highest BCUT2D eigenvalue weighted by atomic mass is 32.2. The minimum absolute atomic E-state index is 0.00119. The summed E-state index contributed by atoms with van der Waals surface area (Å²) in [7, 11) is -2.00. The fourth-order valence-corrected chi connectivity index (χ4v) is 5.35. The molecule has 0 radical (unpaired) electrons. The maximum absolute atomic E-state index is 12.7. The van der Waals surface area contributed by atoms with Crippen molar-refractivity contribution >= 4 is 27.3 Å². The van der Waals surface area contributed by atoms with E-state index in [0.717, 1.165) is 11.1 Å². The summed E-state index contributed by atoms with van der Waals surface area (Å²) >= 11 is 1.53. The average molecular weight is 395 g/mol. The van der Waals surface area contributed by atoms with E-state index in [0.29, 0.717) is 26.2 Å². The van der Waals surface area contributed by atoms with Crippen LogP contribution in [0.5, 0.6) is 0 Å². The summed E-state index contributed by atoms with van der Waals surface area (Å²) < 4.78 is 31.8. The number of hydrogen-bond donors (Lipinski definition) is 0. The zero-order chi connectivity index (χ0) is 18.6. The first kappa shape index (κ1) is 19.0. The molecule has 0 N–H and O–H groups in total. The summed E-state index contributed by atoms with van der Waals surface area (Å²) in [4.78, 5) is 14.2. The summed E-state index contributed by atoms with van der Waals surface area (Å²) in [6.45, 7) is 1.72. The van der Waals surface area contributed by atoms with E-state index in [1.54, 1.807) is 0 Å². The van der Waals surface area contributed by atoms with Gasteiger partial charge in [0.25, 0.3) is 0 Å². The van der Waals surface area contributed by atoms with Crippen LogP contribution in [0.1, 0.15) is 17.2 Å². The second-order valence-electron chi connectivity index (χ2n) is 6.16. The first-order chi connectivity index (χ1) is 12.5. The molecule has 0 unspecified atom stereocenters. The maximum atomic E-state index is 12.7. The van der Waals surface area contributed by atoms with E-state index in [1.807, 2.05) is 52.1 Å². The lowest BCUT2D eigenvalue weighted by molar-refractivity contribution is -0.147. The summed E-state index contributed by atoms with van der Waals surface area (Å²) in [5.74, 6) is -0.317. The lowest BCUT2D eigenvalue weighted by Gasteiger charge is -2.37. The third-order valence-electron chi connectivity index (χ3n) is 4.51. The molecule has 2 aromatic rings. The Kier molecular flexibility index (Phi) is 6.08. The molecule has 6 nitrogen and oxygen atoms in total. The van der Waals surface area contributed by atoms with Gasteiger partial charge in [-0.05, 0) is 28.0 Å². The smallest absolute Gasteiger partial charge is 0.327 e. The summed E-state index contributed by atoms with van der Waals surface area (Å²) in [5.41, 5.74) is 1.67. The number of methoxy groups -OCH3 is 1. The highest BCUT2D eigenvalue weighted by Gasteiger charge is 2.34. The monoisotopic (exact) mass is 394 g/mol. The molecule has 1 aliphatic rings. The van der Waals surface area contributed by atoms with E-state index in [2.05, 4.69) is 0 Å². The molecule has 26 heavy (non-hydrogen) atoms. The SMILES string of the molecule is COC(=O)[C@@H](c1ccsc1)N1CCN(S(=O)(=O)Cc2ccccc2)CC1. The molecular formula is C18H22N2O4S2. The van der Waals surface area contributed by atoms with Crippen LogP contribution in [-0.4, -0.2) is 56.9 Å². The lowest BCUT2D eigenvalue weighted by atomic mass is 10.1. The van der Waals surface area contributed by atoms with Crippen LogP contribution in [0.3, 0.4) is 0 Å². The largest absolute Gasteiger partial charge is 0.468 e. The van der Waals surface area contributed by atoms with E-state index in [4.69, 9.17) is 4.74 Å². The number of carbonyl (C=O) groups excluding carboxylic acids is 1. The molecule has 0 spiro atoms. The van der Waals surface area contributed by atoms with Gasteiger partial charge in [-0.3, -0.25) is 4.90 Å². The first-order valence-corrected chi connectivity index (χ1v) is 10.9. The molecule has 0 aliphatic carbocycles. The van der Waals surface area contributed by atoms with Gasteiger partial charge in [-0.1, -0.05) is 30.3 Å². The first-order valence-electron chi connectivity index (χ1n) is 8.37. The van der Waals surface area contributed by atoms with Crippen molar-refractivity contribution in [2.24, 2.45) is 0 Å². The van der Waals surface area contributed by atoms with Crippen molar-refractivity contribution in [3.05, 3.63) is 58.3 Å². The van der Waals surface area contributed by atoms with Gasteiger partial charge in [0.1, 0.15) is 6.04 Å². The zero-order valence-corrected chi connectivity index (χ0v) is 16.2. The predicted octanol–water partition coefficient (Wildman–Crippen LogP) is 2.11. The van der Waals surface area contributed by atoms with Crippen LogP contribution >= 0.6 is 11.3 Å². The lowest BCUT2D eigenvalue weighted by Crippen LogP contribution is -2.51. The van der Waals surface area contributed by atoms with Crippen LogP contribution in [0.25, 0.3) is 0 Å². The number of esters is 1. The van der Waals surface area contributed by atoms with Gasteiger partial charge < -0.3 is 4.74 Å². The molecule has 8 heteroatoms. The van der Waals surface area contributed by atoms with Crippen molar-refractivity contribution in [2.45, 2.75) is 11.8 Å². The Bertz CT molecular complexity index is 814. The molecule has 1 fully saturated rings. The maximum Gasteiger partial charge on any atom is 0.327 e. The Morgan fingerprint density at radius 3 is 2.42 bits per heavy atom. The number of rotatable bonds is 6. The fourth-order valence-electron chi connectivity index (χ4n) is 3.15. The predicted molar refractivity (Wildman–Crippen MR) is 101 cm³/mol. The molecule has 1 aliphatic heterocycles. The number of piperazine rings is 1. The number of benzene rings is 1. The van der Waals surface area contributed by atoms with E-state index in [9.17, 15) is 13.2 Å². The van der Waals surface area contributed by atoms with Gasteiger partial charge in [-0.2, -0.15) is 15.6 Å². The third kappa shape index (κ3) is 4.32. The van der Waals surface area contributed by atoms with Gasteiger partial charge in [-0.25, -0.2) is 13.2 Å². The van der Waals surface area contributed by atoms with E-state index >= 15 is 0 Å². The standard InChI is InChI=1S/C18H22N2O4S2/c1-24-18(21)17(16-7-12-25-13-16)19-8-10-20(11-9-19)26(22,23)14-15-5-3-2-4-6-15/h2-7,12-13,17H,8-11,14H2,1H3/t17-/m1/s1. The number of thiophene rings is 1. The molecule has 0 saturated carbocycles. The molecule has 1 saturated heterocycles. The topological polar surface area (TPSA) is 66.9 Å². The van der Waals surface area contributed by atoms with Gasteiger partial charge in [0.15, 0.2) is 0 Å². The van der Waals surface area contributed by atoms with Crippen LogP contribution in [0.4, 0.5) is 0 Å². The molecular weight excluding hydrogens is 372 g/mol. The van der Waals surface area contributed by atoms with Crippen LogP contribution in [0.2, 0.25) is 0 Å². The average Bonchev–Trinajstić information content (AvgIpc) is 3.17. The van der Waals surface area contributed by atoms with Crippen molar-refractivity contribution in [1.29, 1.82) is 0 Å². The number of nitrogens with zero attached hydrogens (tertiary/aromatic N) is 2. The minimum Gasteiger partial charge on any atom is -0.468 e. The van der Waals surface area contributed by atoms with Gasteiger partial charge in [0, 0.05) is 26.2 Å². The van der Waals surface area contributed by atoms with Gasteiger partial charge in [-0.15, -0.1) is 0 Å². The number of carbonyl (C=O) groups is 1. The van der Waals surface area contributed by atoms with Crippen molar-refractivity contribution in [2.75, 3.05) is 33.3 Å². The van der Waals surface area contributed by atoms with Crippen LogP contribution in [-0.2, 0) is 25.3 Å². The highest BCUT2D eigenvalue weighted by molar-refractivity contribution is 7.88. The second kappa shape index (κ2) is 8.30. The van der Waals surface area contributed by atoms with Gasteiger partial charge >= 0.3 is 5.97 Å². The van der Waals surface area contributed by atoms with Crippen LogP contribution < -0.4 is 0 Å². The van der Waals surface area contributed by atoms with Crippen LogP contribution in [0.15, 0.2) is 47.2 Å². The van der Waals surface area contributed by atoms with Crippen LogP contribution in [0, 0.1) is 0 Å². The summed E-state index contributed by atoms with van der Waals surface area (Å²) in [5, 5.41) is 3.85. The number of hydrogen-bond acceptors (Lipinski definition) is 6. The molecule has 2 heterocycles. The van der Waals surface area contributed by atoms with Crippen molar-refractivity contribution in [1.82, 2.24) is 9.21 Å². The van der Waals surface area contributed by atoms with Crippen molar-refractivity contribution in [3.63, 3.8) is 0 Å². The molecule has 1 atom stereocenters. The zero-order valence-electron chi connectivity index (χ0n) is 14.6. The number of ether oxygens (including phenoxy) is 1. The Morgan fingerprint density at radius 1 is 1.15 bits per heavy atom. The summed E-state index contributed by atoms with van der Waals surface area (Å²) in [6.07, 6.45) is 0. The molecule has 0 amide bonds. The molecule has 1 aromatic carbocycles. The molecule has 3 rings (SSSR count). The fraction of sp³-hybridized carbons (Fsp3) is 0.389. The normalized spacial score (nSPS) is 17.7. The van der Waals surface area contributed by atoms with Crippen molar-refractivity contribution in [3.8, 4) is 0 Å². The minimum atomic E-state index is -3.37. The van der Waals surface area contributed by atoms with E-state index in [-0.39, 0.29) is 11.7 Å². The van der Waals surface area contributed by atoms with E-state index < -0.39 is 16.1 Å². The Morgan fingerprint density at radius 2 is 1.85 bits per heavy atom. The number of sulfonamides is 1. The Balaban J connectivity index is 1.67. The molecule has 140 valence electrons. The highest BCUT2D eigenvalue weighted by Crippen LogP contribution is 2.26. The Hall–Kier alpha value is -1.74. The van der Waals surface area contributed by atoms with Gasteiger partial charge in [0.05, 0.1) is 12.9 Å². The third-order valence-corrected chi connectivity index (χ3v) is 7.06. The molecule has 1 aromatic heterocycles. The summed E-state index contributed by atoms with van der Waals surface area (Å²) in [6, 6.07) is 10.6. The Labute approximate surface area is 158 Å². The quantitative estimate of drug-likeness (QED) is 0.702.